The molecule has 6 nitrogen and oxygen atoms in total. The average Bonchev–Trinajstić information content (AvgIpc) is 3.10. The molecule has 6 heteroatoms. The molecule has 0 spiro atoms. The lowest BCUT2D eigenvalue weighted by atomic mass is 9.98. The Kier molecular flexibility index (Phi) is 3.94. The highest BCUT2D eigenvalue weighted by atomic mass is 16.2. The minimum Gasteiger partial charge on any atom is -0.345 e. The highest BCUT2D eigenvalue weighted by Crippen LogP contribution is 2.25. The van der Waals surface area contributed by atoms with Crippen LogP contribution in [0.25, 0.3) is 0 Å². The van der Waals surface area contributed by atoms with Gasteiger partial charge in [0.2, 0.25) is 11.8 Å². The van der Waals surface area contributed by atoms with Crippen molar-refractivity contribution < 1.29 is 9.59 Å². The van der Waals surface area contributed by atoms with Crippen LogP contribution >= 0.6 is 0 Å². The molecule has 2 unspecified atom stereocenters. The maximum absolute atomic E-state index is 12.7. The Morgan fingerprint density at radius 3 is 2.95 bits per heavy atom. The summed E-state index contributed by atoms with van der Waals surface area (Å²) < 4.78 is 1.89. The molecule has 2 aliphatic rings. The third-order valence-corrected chi connectivity index (χ3v) is 4.56. The Hall–Kier alpha value is -1.85. The van der Waals surface area contributed by atoms with Gasteiger partial charge < -0.3 is 9.80 Å². The molecule has 3 rings (SSSR count). The van der Waals surface area contributed by atoms with Gasteiger partial charge in [-0.05, 0) is 25.3 Å². The van der Waals surface area contributed by atoms with Crippen LogP contribution in [0.1, 0.15) is 25.7 Å². The number of carbonyl (C=O) groups is 2. The first-order chi connectivity index (χ1) is 10.1. The van der Waals surface area contributed by atoms with Gasteiger partial charge in [0.25, 0.3) is 0 Å². The summed E-state index contributed by atoms with van der Waals surface area (Å²) in [4.78, 5) is 28.0. The van der Waals surface area contributed by atoms with E-state index in [4.69, 9.17) is 0 Å². The van der Waals surface area contributed by atoms with E-state index >= 15 is 0 Å². The van der Waals surface area contributed by atoms with Crippen molar-refractivity contribution in [1.82, 2.24) is 19.6 Å². The van der Waals surface area contributed by atoms with Crippen molar-refractivity contribution in [2.75, 3.05) is 20.1 Å². The third kappa shape index (κ3) is 2.94. The molecule has 21 heavy (non-hydrogen) atoms. The number of hydrogen-bond acceptors (Lipinski definition) is 3. The maximum atomic E-state index is 12.7. The molecule has 0 saturated carbocycles. The maximum Gasteiger partial charge on any atom is 0.228 e. The number of nitrogens with zero attached hydrogens (tertiary/aromatic N) is 4. The topological polar surface area (TPSA) is 58.4 Å². The molecule has 1 aromatic heterocycles. The minimum atomic E-state index is -0.166. The van der Waals surface area contributed by atoms with Gasteiger partial charge in [-0.3, -0.25) is 14.3 Å². The van der Waals surface area contributed by atoms with Crippen LogP contribution in [0.5, 0.6) is 0 Å². The summed E-state index contributed by atoms with van der Waals surface area (Å²) in [5.41, 5.74) is 0. The Balaban J connectivity index is 1.69. The number of carbonyl (C=O) groups excluding carboxylic acids is 2. The van der Waals surface area contributed by atoms with Gasteiger partial charge in [-0.2, -0.15) is 5.10 Å². The van der Waals surface area contributed by atoms with E-state index in [0.29, 0.717) is 13.0 Å². The Labute approximate surface area is 124 Å². The summed E-state index contributed by atoms with van der Waals surface area (Å²) in [7, 11) is 1.77. The molecule has 0 aliphatic carbocycles. The van der Waals surface area contributed by atoms with Gasteiger partial charge in [-0.25, -0.2) is 0 Å². The molecule has 0 bridgehead atoms. The molecule has 2 saturated heterocycles. The largest absolute Gasteiger partial charge is 0.345 e. The van der Waals surface area contributed by atoms with Crippen molar-refractivity contribution in [2.45, 2.75) is 38.3 Å². The number of likely N-dealkylation sites (tertiary alicyclic amines) is 2. The molecule has 2 aliphatic heterocycles. The molecule has 2 atom stereocenters. The lowest BCUT2D eigenvalue weighted by Crippen LogP contribution is -2.48. The fraction of sp³-hybridized carbons (Fsp3) is 0.667. The van der Waals surface area contributed by atoms with Crippen LogP contribution in [0.4, 0.5) is 0 Å². The van der Waals surface area contributed by atoms with Crippen LogP contribution in [-0.2, 0) is 16.1 Å². The second kappa shape index (κ2) is 5.87. The molecular weight excluding hydrogens is 268 g/mol. The van der Waals surface area contributed by atoms with E-state index in [1.54, 1.807) is 18.1 Å². The predicted molar refractivity (Wildman–Crippen MR) is 77.3 cm³/mol. The molecule has 2 fully saturated rings. The summed E-state index contributed by atoms with van der Waals surface area (Å²) in [5, 5.41) is 4.24. The van der Waals surface area contributed by atoms with Gasteiger partial charge >= 0.3 is 0 Å². The zero-order chi connectivity index (χ0) is 14.8. The summed E-state index contributed by atoms with van der Waals surface area (Å²) in [6.45, 7) is 2.11. The zero-order valence-electron chi connectivity index (χ0n) is 12.4. The van der Waals surface area contributed by atoms with Crippen LogP contribution in [0.2, 0.25) is 0 Å². The van der Waals surface area contributed by atoms with Gasteiger partial charge in [0.1, 0.15) is 0 Å². The molecule has 1 aromatic rings. The Morgan fingerprint density at radius 1 is 1.43 bits per heavy atom. The number of amides is 2. The van der Waals surface area contributed by atoms with E-state index in [9.17, 15) is 9.59 Å². The van der Waals surface area contributed by atoms with E-state index in [1.165, 1.54) is 0 Å². The van der Waals surface area contributed by atoms with Crippen LogP contribution in [0.15, 0.2) is 18.5 Å². The molecule has 0 N–H and O–H groups in total. The lowest BCUT2D eigenvalue weighted by Gasteiger charge is -2.37. The molecule has 2 amide bonds. The van der Waals surface area contributed by atoms with Gasteiger partial charge in [-0.1, -0.05) is 0 Å². The summed E-state index contributed by atoms with van der Waals surface area (Å²) in [6.07, 6.45) is 7.28. The number of aromatic nitrogens is 2. The van der Waals surface area contributed by atoms with Crippen molar-refractivity contribution in [3.05, 3.63) is 18.5 Å². The van der Waals surface area contributed by atoms with Crippen LogP contribution in [0, 0.1) is 5.92 Å². The number of piperidine rings is 1. The highest BCUT2D eigenvalue weighted by Gasteiger charge is 2.37. The van der Waals surface area contributed by atoms with Crippen molar-refractivity contribution in [3.63, 3.8) is 0 Å². The van der Waals surface area contributed by atoms with Crippen molar-refractivity contribution >= 4 is 11.8 Å². The van der Waals surface area contributed by atoms with Crippen molar-refractivity contribution in [1.29, 1.82) is 0 Å². The minimum absolute atomic E-state index is 0.0778. The summed E-state index contributed by atoms with van der Waals surface area (Å²) in [5.74, 6) is 0.0549. The van der Waals surface area contributed by atoms with E-state index in [1.807, 2.05) is 21.8 Å². The first-order valence-electron chi connectivity index (χ1n) is 7.67. The Morgan fingerprint density at radius 2 is 2.29 bits per heavy atom. The van der Waals surface area contributed by atoms with Crippen LogP contribution < -0.4 is 0 Å². The summed E-state index contributed by atoms with van der Waals surface area (Å²) >= 11 is 0. The average molecular weight is 290 g/mol. The van der Waals surface area contributed by atoms with Gasteiger partial charge in [-0.15, -0.1) is 0 Å². The first kappa shape index (κ1) is 14.1. The highest BCUT2D eigenvalue weighted by molar-refractivity contribution is 5.89. The van der Waals surface area contributed by atoms with Crippen LogP contribution in [-0.4, -0.2) is 57.6 Å². The van der Waals surface area contributed by atoms with Gasteiger partial charge in [0.05, 0.1) is 18.5 Å². The second-order valence-corrected chi connectivity index (χ2v) is 6.08. The monoisotopic (exact) mass is 290 g/mol. The smallest absolute Gasteiger partial charge is 0.228 e. The zero-order valence-corrected chi connectivity index (χ0v) is 12.4. The predicted octanol–water partition coefficient (Wildman–Crippen LogP) is 0.742. The molecule has 3 heterocycles. The SMILES string of the molecule is CN1CC(C(=O)N2CCCCC2Cn2cccn2)CC1=O. The Bertz CT molecular complexity index is 514. The lowest BCUT2D eigenvalue weighted by molar-refractivity contribution is -0.139. The van der Waals surface area contributed by atoms with Crippen molar-refractivity contribution in [2.24, 2.45) is 5.92 Å². The molecule has 0 aromatic carbocycles. The molecule has 114 valence electrons. The second-order valence-electron chi connectivity index (χ2n) is 6.08. The summed E-state index contributed by atoms with van der Waals surface area (Å²) in [6, 6.07) is 2.10. The number of hydrogen-bond donors (Lipinski definition) is 0. The van der Waals surface area contributed by atoms with E-state index < -0.39 is 0 Å². The van der Waals surface area contributed by atoms with Gasteiger partial charge in [0.15, 0.2) is 0 Å². The van der Waals surface area contributed by atoms with E-state index in [0.717, 1.165) is 32.4 Å². The number of rotatable bonds is 3. The van der Waals surface area contributed by atoms with Crippen LogP contribution in [0.3, 0.4) is 0 Å². The fourth-order valence-electron chi connectivity index (χ4n) is 3.37. The normalized spacial score (nSPS) is 26.4. The molecular formula is C15H22N4O2. The first-order valence-corrected chi connectivity index (χ1v) is 7.67. The van der Waals surface area contributed by atoms with E-state index in [2.05, 4.69) is 5.10 Å². The van der Waals surface area contributed by atoms with Gasteiger partial charge in [0, 0.05) is 39.0 Å². The van der Waals surface area contributed by atoms with Crippen molar-refractivity contribution in [3.8, 4) is 0 Å². The third-order valence-electron chi connectivity index (χ3n) is 4.56. The standard InChI is InChI=1S/C15H22N4O2/c1-17-10-12(9-14(17)20)15(21)19-8-3-2-5-13(19)11-18-7-4-6-16-18/h4,6-7,12-13H,2-3,5,8-11H2,1H3. The molecule has 0 radical (unpaired) electrons. The van der Waals surface area contributed by atoms with E-state index in [-0.39, 0.29) is 23.8 Å². The fourth-order valence-corrected chi connectivity index (χ4v) is 3.37. The quantitative estimate of drug-likeness (QED) is 0.825.